The number of fused-ring (bicyclic) bond motifs is 1. The van der Waals surface area contributed by atoms with Crippen LogP contribution in [0.1, 0.15) is 17.5 Å². The quantitative estimate of drug-likeness (QED) is 0.642. The Balaban J connectivity index is 1.83. The minimum atomic E-state index is -3.74. The summed E-state index contributed by atoms with van der Waals surface area (Å²) >= 11 is 1.54. The van der Waals surface area contributed by atoms with Crippen LogP contribution in [0.15, 0.2) is 52.7 Å². The molecule has 0 spiro atoms. The highest BCUT2D eigenvalue weighted by Gasteiger charge is 2.33. The number of benzene rings is 2. The zero-order chi connectivity index (χ0) is 19.0. The molecule has 7 heteroatoms. The highest BCUT2D eigenvalue weighted by Crippen LogP contribution is 2.37. The van der Waals surface area contributed by atoms with Gasteiger partial charge in [-0.2, -0.15) is 0 Å². The molecule has 140 valence electrons. The van der Waals surface area contributed by atoms with Crippen LogP contribution in [0.3, 0.4) is 0 Å². The second kappa shape index (κ2) is 6.98. The van der Waals surface area contributed by atoms with Gasteiger partial charge >= 0.3 is 0 Å². The summed E-state index contributed by atoms with van der Waals surface area (Å²) in [6, 6.07) is 12.9. The van der Waals surface area contributed by atoms with Gasteiger partial charge in [0.1, 0.15) is 10.6 Å². The molecule has 2 aromatic carbocycles. The van der Waals surface area contributed by atoms with E-state index in [4.69, 9.17) is 4.74 Å². The van der Waals surface area contributed by atoms with E-state index >= 15 is 0 Å². The van der Waals surface area contributed by atoms with Crippen molar-refractivity contribution in [1.82, 2.24) is 4.98 Å². The minimum Gasteiger partial charge on any atom is -0.492 e. The second-order valence-corrected chi connectivity index (χ2v) is 9.20. The van der Waals surface area contributed by atoms with Crippen LogP contribution in [0, 0.1) is 6.92 Å². The van der Waals surface area contributed by atoms with E-state index in [0.717, 1.165) is 27.5 Å². The predicted octanol–water partition coefficient (Wildman–Crippen LogP) is 4.27. The normalized spacial score (nSPS) is 13.6. The minimum absolute atomic E-state index is 0.184. The van der Waals surface area contributed by atoms with Crippen LogP contribution in [0.5, 0.6) is 5.75 Å². The third-order valence-electron chi connectivity index (χ3n) is 4.57. The van der Waals surface area contributed by atoms with Crippen molar-refractivity contribution in [2.75, 3.05) is 17.5 Å². The van der Waals surface area contributed by atoms with Crippen molar-refractivity contribution in [1.29, 1.82) is 0 Å². The molecule has 27 heavy (non-hydrogen) atoms. The predicted molar refractivity (Wildman–Crippen MR) is 108 cm³/mol. The Kier molecular flexibility index (Phi) is 4.65. The largest absolute Gasteiger partial charge is 0.492 e. The first-order valence-electron chi connectivity index (χ1n) is 8.80. The molecule has 0 saturated heterocycles. The van der Waals surface area contributed by atoms with Crippen LogP contribution in [0.4, 0.5) is 5.69 Å². The highest BCUT2D eigenvalue weighted by molar-refractivity contribution is 7.93. The third kappa shape index (κ3) is 3.21. The number of ether oxygens (including phenoxy) is 1. The first-order valence-corrected chi connectivity index (χ1v) is 11.1. The molecule has 0 bridgehead atoms. The molecule has 5 nitrogen and oxygen atoms in total. The van der Waals surface area contributed by atoms with Crippen molar-refractivity contribution in [2.24, 2.45) is 0 Å². The van der Waals surface area contributed by atoms with E-state index in [9.17, 15) is 8.42 Å². The Bertz CT molecular complexity index is 1090. The molecule has 1 aliphatic rings. The lowest BCUT2D eigenvalue weighted by Crippen LogP contribution is -2.29. The summed E-state index contributed by atoms with van der Waals surface area (Å²) < 4.78 is 34.1. The van der Waals surface area contributed by atoms with Crippen molar-refractivity contribution in [2.45, 2.75) is 25.2 Å². The fourth-order valence-electron chi connectivity index (χ4n) is 3.32. The van der Waals surface area contributed by atoms with Gasteiger partial charge in [0, 0.05) is 17.5 Å². The molecule has 1 aliphatic heterocycles. The fourth-order valence-corrected chi connectivity index (χ4v) is 5.60. The Morgan fingerprint density at radius 3 is 2.78 bits per heavy atom. The second-order valence-electron chi connectivity index (χ2n) is 6.30. The van der Waals surface area contributed by atoms with Crippen LogP contribution >= 0.6 is 11.3 Å². The van der Waals surface area contributed by atoms with Crippen LogP contribution in [0.25, 0.3) is 11.3 Å². The number of nitrogens with zero attached hydrogens (tertiary/aromatic N) is 2. The summed E-state index contributed by atoms with van der Waals surface area (Å²) in [6.45, 7) is 4.61. The Labute approximate surface area is 163 Å². The van der Waals surface area contributed by atoms with Crippen LogP contribution in [-0.4, -0.2) is 26.6 Å². The van der Waals surface area contributed by atoms with Crippen molar-refractivity contribution in [3.05, 3.63) is 58.4 Å². The molecule has 0 amide bonds. The number of aryl methyl sites for hydroxylation is 1. The monoisotopic (exact) mass is 400 g/mol. The summed E-state index contributed by atoms with van der Waals surface area (Å²) in [7, 11) is -3.74. The van der Waals surface area contributed by atoms with Crippen LogP contribution in [-0.2, 0) is 16.4 Å². The van der Waals surface area contributed by atoms with Gasteiger partial charge in [-0.25, -0.2) is 13.4 Å². The number of rotatable bonds is 5. The first kappa shape index (κ1) is 18.0. The molecule has 1 aromatic heterocycles. The van der Waals surface area contributed by atoms with Gasteiger partial charge in [0.15, 0.2) is 0 Å². The summed E-state index contributed by atoms with van der Waals surface area (Å²) in [5.74, 6) is 0.373. The van der Waals surface area contributed by atoms with Crippen molar-refractivity contribution in [3.8, 4) is 17.0 Å². The summed E-state index contributed by atoms with van der Waals surface area (Å²) in [6.07, 6.45) is 0.713. The molecule has 0 aliphatic carbocycles. The van der Waals surface area contributed by atoms with Gasteiger partial charge in [-0.05, 0) is 50.1 Å². The SMILES string of the molecule is CCOc1ccc(-c2csc(C)n2)cc1S(=O)(=O)N1CCc2ccccc21. The number of hydrogen-bond acceptors (Lipinski definition) is 5. The number of aromatic nitrogens is 1. The maximum absolute atomic E-state index is 13.5. The zero-order valence-corrected chi connectivity index (χ0v) is 16.8. The zero-order valence-electron chi connectivity index (χ0n) is 15.2. The lowest BCUT2D eigenvalue weighted by Gasteiger charge is -2.21. The van der Waals surface area contributed by atoms with Gasteiger partial charge in [0.25, 0.3) is 10.0 Å². The lowest BCUT2D eigenvalue weighted by molar-refractivity contribution is 0.331. The topological polar surface area (TPSA) is 59.5 Å². The van der Waals surface area contributed by atoms with E-state index in [-0.39, 0.29) is 4.90 Å². The number of para-hydroxylation sites is 1. The lowest BCUT2D eigenvalue weighted by atomic mass is 10.2. The number of sulfonamides is 1. The summed E-state index contributed by atoms with van der Waals surface area (Å²) in [4.78, 5) is 4.67. The molecule has 0 radical (unpaired) electrons. The number of anilines is 1. The average molecular weight is 401 g/mol. The van der Waals surface area contributed by atoms with E-state index in [2.05, 4.69) is 4.98 Å². The van der Waals surface area contributed by atoms with E-state index < -0.39 is 10.0 Å². The van der Waals surface area contributed by atoms with Gasteiger partial charge in [-0.15, -0.1) is 11.3 Å². The molecule has 0 saturated carbocycles. The molecule has 4 rings (SSSR count). The van der Waals surface area contributed by atoms with Crippen LogP contribution in [0.2, 0.25) is 0 Å². The van der Waals surface area contributed by atoms with Crippen molar-refractivity contribution >= 4 is 27.0 Å². The van der Waals surface area contributed by atoms with E-state index in [0.29, 0.717) is 25.3 Å². The van der Waals surface area contributed by atoms with Gasteiger partial charge in [-0.3, -0.25) is 4.31 Å². The van der Waals surface area contributed by atoms with E-state index in [1.807, 2.05) is 49.6 Å². The van der Waals surface area contributed by atoms with E-state index in [1.54, 1.807) is 23.5 Å². The highest BCUT2D eigenvalue weighted by atomic mass is 32.2. The number of thiazole rings is 1. The van der Waals surface area contributed by atoms with Crippen molar-refractivity contribution < 1.29 is 13.2 Å². The molecule has 2 heterocycles. The van der Waals surface area contributed by atoms with Gasteiger partial charge in [-0.1, -0.05) is 18.2 Å². The van der Waals surface area contributed by atoms with Crippen molar-refractivity contribution in [3.63, 3.8) is 0 Å². The van der Waals surface area contributed by atoms with E-state index in [1.165, 1.54) is 4.31 Å². The Hall–Kier alpha value is -2.38. The maximum Gasteiger partial charge on any atom is 0.268 e. The Morgan fingerprint density at radius 1 is 1.22 bits per heavy atom. The molecule has 3 aromatic rings. The Morgan fingerprint density at radius 2 is 2.04 bits per heavy atom. The summed E-state index contributed by atoms with van der Waals surface area (Å²) in [5, 5.41) is 2.88. The van der Waals surface area contributed by atoms with Crippen LogP contribution < -0.4 is 9.04 Å². The standard InChI is InChI=1S/C20H20N2O3S2/c1-3-25-19-9-8-16(17-13-26-14(2)21-17)12-20(19)27(23,24)22-11-10-15-6-4-5-7-18(15)22/h4-9,12-13H,3,10-11H2,1-2H3. The smallest absolute Gasteiger partial charge is 0.268 e. The van der Waals surface area contributed by atoms with Gasteiger partial charge < -0.3 is 4.74 Å². The first-order chi connectivity index (χ1) is 13.0. The number of hydrogen-bond donors (Lipinski definition) is 0. The van der Waals surface area contributed by atoms with Gasteiger partial charge in [0.2, 0.25) is 0 Å². The maximum atomic E-state index is 13.5. The van der Waals surface area contributed by atoms with Gasteiger partial charge in [0.05, 0.1) is 23.0 Å². The molecule has 0 atom stereocenters. The fraction of sp³-hybridized carbons (Fsp3) is 0.250. The molecule has 0 unspecified atom stereocenters. The molecular formula is C20H20N2O3S2. The average Bonchev–Trinajstić information content (AvgIpc) is 3.29. The molecule has 0 fully saturated rings. The molecular weight excluding hydrogens is 380 g/mol. The molecule has 0 N–H and O–H groups in total. The summed E-state index contributed by atoms with van der Waals surface area (Å²) in [5.41, 5.74) is 3.34. The third-order valence-corrected chi connectivity index (χ3v) is 7.18.